The molecular formula is C23H14FN3O3. The number of hydrogen-bond acceptors (Lipinski definition) is 4. The van der Waals surface area contributed by atoms with Crippen LogP contribution in [-0.2, 0) is 6.42 Å². The molecule has 1 N–H and O–H groups in total. The smallest absolute Gasteiger partial charge is 0.266 e. The van der Waals surface area contributed by atoms with E-state index >= 15 is 0 Å². The Balaban J connectivity index is 1.57. The van der Waals surface area contributed by atoms with E-state index in [0.29, 0.717) is 5.69 Å². The topological polar surface area (TPSA) is 90.3 Å². The minimum atomic E-state index is -0.572. The summed E-state index contributed by atoms with van der Waals surface area (Å²) >= 11 is 0. The first-order valence-electron chi connectivity index (χ1n) is 9.03. The van der Waals surface area contributed by atoms with Crippen LogP contribution in [0.25, 0.3) is 0 Å². The first-order chi connectivity index (χ1) is 14.5. The van der Waals surface area contributed by atoms with E-state index in [0.717, 1.165) is 10.5 Å². The summed E-state index contributed by atoms with van der Waals surface area (Å²) in [5.74, 6) is -2.01. The molecule has 0 radical (unpaired) electrons. The summed E-state index contributed by atoms with van der Waals surface area (Å²) in [6, 6.07) is 18.2. The van der Waals surface area contributed by atoms with Gasteiger partial charge in [-0.1, -0.05) is 12.1 Å². The van der Waals surface area contributed by atoms with Gasteiger partial charge in [-0.05, 0) is 60.2 Å². The lowest BCUT2D eigenvalue weighted by atomic mass is 10.1. The first-order valence-corrected chi connectivity index (χ1v) is 9.03. The maximum Gasteiger partial charge on any atom is 0.266 e. The highest BCUT2D eigenvalue weighted by molar-refractivity contribution is 6.34. The minimum Gasteiger partial charge on any atom is -0.322 e. The first kappa shape index (κ1) is 19.0. The van der Waals surface area contributed by atoms with Crippen LogP contribution in [0, 0.1) is 17.1 Å². The monoisotopic (exact) mass is 399 g/mol. The van der Waals surface area contributed by atoms with Crippen molar-refractivity contribution >= 4 is 29.1 Å². The second-order valence-electron chi connectivity index (χ2n) is 6.67. The average molecular weight is 399 g/mol. The van der Waals surface area contributed by atoms with Crippen molar-refractivity contribution in [2.45, 2.75) is 6.42 Å². The predicted octanol–water partition coefficient (Wildman–Crippen LogP) is 3.94. The van der Waals surface area contributed by atoms with Crippen molar-refractivity contribution in [2.75, 3.05) is 10.2 Å². The summed E-state index contributed by atoms with van der Waals surface area (Å²) in [6.07, 6.45) is 0.278. The van der Waals surface area contributed by atoms with Crippen LogP contribution >= 0.6 is 0 Å². The Bertz CT molecular complexity index is 1210. The molecule has 30 heavy (non-hydrogen) atoms. The number of imide groups is 1. The zero-order chi connectivity index (χ0) is 21.3. The van der Waals surface area contributed by atoms with Gasteiger partial charge >= 0.3 is 0 Å². The summed E-state index contributed by atoms with van der Waals surface area (Å²) in [5.41, 5.74) is 2.14. The summed E-state index contributed by atoms with van der Waals surface area (Å²) in [7, 11) is 0. The SMILES string of the molecule is N#CCc1ccc(NC(=O)c2ccc3c(c2)C(=O)N(c2ccc(F)cc2)C3=O)cc1. The number of carbonyl (C=O) groups excluding carboxylic acids is 3. The molecule has 1 aliphatic heterocycles. The number of benzene rings is 3. The molecule has 0 aromatic heterocycles. The Hall–Kier alpha value is -4.31. The third-order valence-corrected chi connectivity index (χ3v) is 4.73. The Morgan fingerprint density at radius 1 is 0.933 bits per heavy atom. The Labute approximate surface area is 171 Å². The number of carbonyl (C=O) groups is 3. The standard InChI is InChI=1S/C23H14FN3O3/c24-16-4-8-18(9-5-16)27-22(29)19-10-3-15(13-20(19)23(27)30)21(28)26-17-6-1-14(2-7-17)11-12-25/h1-10,13H,11H2,(H,26,28). The third kappa shape index (κ3) is 3.42. The van der Waals surface area contributed by atoms with Gasteiger partial charge < -0.3 is 5.32 Å². The van der Waals surface area contributed by atoms with Crippen molar-refractivity contribution in [3.8, 4) is 6.07 Å². The van der Waals surface area contributed by atoms with Crippen LogP contribution in [0.4, 0.5) is 15.8 Å². The third-order valence-electron chi connectivity index (χ3n) is 4.73. The van der Waals surface area contributed by atoms with Crippen LogP contribution in [0.2, 0.25) is 0 Å². The van der Waals surface area contributed by atoms with Gasteiger partial charge in [0.15, 0.2) is 0 Å². The highest BCUT2D eigenvalue weighted by Crippen LogP contribution is 2.29. The predicted molar refractivity (Wildman–Crippen MR) is 108 cm³/mol. The largest absolute Gasteiger partial charge is 0.322 e. The highest BCUT2D eigenvalue weighted by Gasteiger charge is 2.37. The fraction of sp³-hybridized carbons (Fsp3) is 0.0435. The van der Waals surface area contributed by atoms with Gasteiger partial charge in [-0.3, -0.25) is 14.4 Å². The van der Waals surface area contributed by atoms with Gasteiger partial charge in [0, 0.05) is 11.3 Å². The minimum absolute atomic E-state index is 0.112. The number of amides is 3. The van der Waals surface area contributed by atoms with Gasteiger partial charge in [-0.15, -0.1) is 0 Å². The zero-order valence-corrected chi connectivity index (χ0v) is 15.6. The fourth-order valence-corrected chi connectivity index (χ4v) is 3.21. The molecule has 3 aromatic rings. The van der Waals surface area contributed by atoms with Crippen molar-refractivity contribution in [3.05, 3.63) is 94.8 Å². The second kappa shape index (κ2) is 7.60. The van der Waals surface area contributed by atoms with E-state index in [9.17, 15) is 18.8 Å². The molecule has 0 atom stereocenters. The number of nitrogens with one attached hydrogen (secondary N) is 1. The maximum atomic E-state index is 13.2. The molecule has 1 aliphatic rings. The van der Waals surface area contributed by atoms with Gasteiger partial charge in [0.25, 0.3) is 17.7 Å². The summed E-state index contributed by atoms with van der Waals surface area (Å²) in [4.78, 5) is 39.0. The Morgan fingerprint density at radius 2 is 1.60 bits per heavy atom. The molecule has 6 nitrogen and oxygen atoms in total. The summed E-state index contributed by atoms with van der Waals surface area (Å²) in [5, 5.41) is 11.4. The van der Waals surface area contributed by atoms with Crippen LogP contribution in [-0.4, -0.2) is 17.7 Å². The number of fused-ring (bicyclic) bond motifs is 1. The number of halogens is 1. The molecule has 1 heterocycles. The molecule has 0 fully saturated rings. The van der Waals surface area contributed by atoms with E-state index in [-0.39, 0.29) is 28.8 Å². The van der Waals surface area contributed by atoms with E-state index in [4.69, 9.17) is 5.26 Å². The van der Waals surface area contributed by atoms with Crippen LogP contribution < -0.4 is 10.2 Å². The Morgan fingerprint density at radius 3 is 2.27 bits per heavy atom. The average Bonchev–Trinajstić information content (AvgIpc) is 3.00. The molecule has 146 valence electrons. The van der Waals surface area contributed by atoms with Crippen molar-refractivity contribution in [1.82, 2.24) is 0 Å². The van der Waals surface area contributed by atoms with Crippen LogP contribution in [0.5, 0.6) is 0 Å². The number of rotatable bonds is 4. The number of nitrogens with zero attached hydrogens (tertiary/aromatic N) is 2. The van der Waals surface area contributed by atoms with Gasteiger partial charge in [-0.2, -0.15) is 5.26 Å². The molecule has 3 aromatic carbocycles. The van der Waals surface area contributed by atoms with E-state index < -0.39 is 23.5 Å². The van der Waals surface area contributed by atoms with Crippen molar-refractivity contribution < 1.29 is 18.8 Å². The number of anilines is 2. The van der Waals surface area contributed by atoms with Crippen molar-refractivity contribution in [3.63, 3.8) is 0 Å². The molecule has 0 saturated heterocycles. The van der Waals surface area contributed by atoms with Crippen molar-refractivity contribution in [2.24, 2.45) is 0 Å². The quantitative estimate of drug-likeness (QED) is 0.673. The maximum absolute atomic E-state index is 13.2. The van der Waals surface area contributed by atoms with Gasteiger partial charge in [0.1, 0.15) is 5.82 Å². The molecule has 0 aliphatic carbocycles. The molecule has 3 amide bonds. The van der Waals surface area contributed by atoms with Crippen LogP contribution in [0.15, 0.2) is 66.7 Å². The van der Waals surface area contributed by atoms with Gasteiger partial charge in [-0.25, -0.2) is 9.29 Å². The van der Waals surface area contributed by atoms with E-state index in [2.05, 4.69) is 11.4 Å². The second-order valence-corrected chi connectivity index (χ2v) is 6.67. The molecule has 4 rings (SSSR count). The van der Waals surface area contributed by atoms with E-state index in [1.165, 1.54) is 42.5 Å². The highest BCUT2D eigenvalue weighted by atomic mass is 19.1. The van der Waals surface area contributed by atoms with Crippen LogP contribution in [0.1, 0.15) is 36.6 Å². The lowest BCUT2D eigenvalue weighted by molar-refractivity contribution is 0.0925. The molecular weight excluding hydrogens is 385 g/mol. The van der Waals surface area contributed by atoms with Gasteiger partial charge in [0.05, 0.1) is 29.3 Å². The Kier molecular flexibility index (Phi) is 4.82. The molecule has 0 saturated carbocycles. The molecule has 7 heteroatoms. The molecule has 0 bridgehead atoms. The normalized spacial score (nSPS) is 12.5. The van der Waals surface area contributed by atoms with Crippen LogP contribution in [0.3, 0.4) is 0 Å². The van der Waals surface area contributed by atoms with Crippen molar-refractivity contribution in [1.29, 1.82) is 5.26 Å². The lowest BCUT2D eigenvalue weighted by Crippen LogP contribution is -2.29. The molecule has 0 spiro atoms. The molecule has 0 unspecified atom stereocenters. The fourth-order valence-electron chi connectivity index (χ4n) is 3.21. The summed E-state index contributed by atoms with van der Waals surface area (Å²) < 4.78 is 13.2. The zero-order valence-electron chi connectivity index (χ0n) is 15.6. The van der Waals surface area contributed by atoms with E-state index in [1.54, 1.807) is 24.3 Å². The van der Waals surface area contributed by atoms with E-state index in [1.807, 2.05) is 0 Å². The number of nitriles is 1. The summed E-state index contributed by atoms with van der Waals surface area (Å²) in [6.45, 7) is 0. The number of hydrogen-bond donors (Lipinski definition) is 1. The van der Waals surface area contributed by atoms with Gasteiger partial charge in [0.2, 0.25) is 0 Å². The lowest BCUT2D eigenvalue weighted by Gasteiger charge is -2.13.